The lowest BCUT2D eigenvalue weighted by Gasteiger charge is -2.21. The minimum absolute atomic E-state index is 0.360. The third-order valence-corrected chi connectivity index (χ3v) is 10.9. The lowest BCUT2D eigenvalue weighted by atomic mass is 10.0. The number of amides is 1. The van der Waals surface area contributed by atoms with E-state index in [4.69, 9.17) is 0 Å². The summed E-state index contributed by atoms with van der Waals surface area (Å²) in [4.78, 5) is 12.4. The zero-order valence-electron chi connectivity index (χ0n) is 34.5. The molecule has 0 saturated heterocycles. The lowest BCUT2D eigenvalue weighted by Crippen LogP contribution is -2.48. The molecular formula is C46H91NO4. The minimum atomic E-state index is -1.09. The van der Waals surface area contributed by atoms with Gasteiger partial charge in [-0.1, -0.05) is 244 Å². The molecule has 0 fully saturated rings. The molecule has 0 bridgehead atoms. The van der Waals surface area contributed by atoms with Gasteiger partial charge in [0.15, 0.2) is 0 Å². The third kappa shape index (κ3) is 37.2. The number of carbonyl (C=O) groups excluding carboxylic acids is 1. The Kier molecular flexibility index (Phi) is 41.1. The summed E-state index contributed by atoms with van der Waals surface area (Å²) in [5.41, 5.74) is 0. The fourth-order valence-electron chi connectivity index (χ4n) is 7.25. The Labute approximate surface area is 319 Å². The first-order valence-electron chi connectivity index (χ1n) is 23.0. The van der Waals surface area contributed by atoms with Crippen LogP contribution >= 0.6 is 0 Å². The van der Waals surface area contributed by atoms with Gasteiger partial charge < -0.3 is 20.6 Å². The molecule has 4 N–H and O–H groups in total. The van der Waals surface area contributed by atoms with E-state index >= 15 is 0 Å². The molecule has 0 rings (SSSR count). The molecule has 0 radical (unpaired) electrons. The minimum Gasteiger partial charge on any atom is -0.394 e. The first-order valence-corrected chi connectivity index (χ1v) is 23.0. The van der Waals surface area contributed by atoms with E-state index in [1.54, 1.807) is 6.08 Å². The molecule has 3 atom stereocenters. The van der Waals surface area contributed by atoms with Crippen LogP contribution in [0.25, 0.3) is 0 Å². The Bertz CT molecular complexity index is 713. The van der Waals surface area contributed by atoms with E-state index in [0.717, 1.165) is 32.1 Å². The second kappa shape index (κ2) is 41.8. The lowest BCUT2D eigenvalue weighted by molar-refractivity contribution is -0.131. The van der Waals surface area contributed by atoms with Crippen molar-refractivity contribution in [3.63, 3.8) is 0 Å². The van der Waals surface area contributed by atoms with Gasteiger partial charge in [-0.05, 0) is 19.3 Å². The monoisotopic (exact) mass is 722 g/mol. The summed E-state index contributed by atoms with van der Waals surface area (Å²) in [6, 6.07) is -0.791. The van der Waals surface area contributed by atoms with Crippen molar-refractivity contribution in [2.75, 3.05) is 6.61 Å². The van der Waals surface area contributed by atoms with Crippen molar-refractivity contribution in [2.24, 2.45) is 0 Å². The van der Waals surface area contributed by atoms with Gasteiger partial charge in [-0.25, -0.2) is 0 Å². The van der Waals surface area contributed by atoms with E-state index in [1.807, 2.05) is 6.08 Å². The van der Waals surface area contributed by atoms with Gasteiger partial charge in [0.25, 0.3) is 0 Å². The summed E-state index contributed by atoms with van der Waals surface area (Å²) in [5.74, 6) is -0.501. The number of nitrogens with one attached hydrogen (secondary N) is 1. The van der Waals surface area contributed by atoms with Crippen molar-refractivity contribution in [1.82, 2.24) is 5.32 Å². The highest BCUT2D eigenvalue weighted by atomic mass is 16.3. The first kappa shape index (κ1) is 50.1. The van der Waals surface area contributed by atoms with Crippen LogP contribution in [0.5, 0.6) is 0 Å². The highest BCUT2D eigenvalue weighted by Crippen LogP contribution is 2.17. The summed E-state index contributed by atoms with van der Waals surface area (Å²) in [5, 5.41) is 33.0. The van der Waals surface area contributed by atoms with Crippen LogP contribution in [0.3, 0.4) is 0 Å². The fraction of sp³-hybridized carbons (Fsp3) is 0.935. The van der Waals surface area contributed by atoms with E-state index in [-0.39, 0.29) is 6.61 Å². The third-order valence-electron chi connectivity index (χ3n) is 10.9. The molecule has 5 nitrogen and oxygen atoms in total. The van der Waals surface area contributed by atoms with Gasteiger partial charge in [0.2, 0.25) is 5.91 Å². The van der Waals surface area contributed by atoms with Crippen LogP contribution in [0.2, 0.25) is 0 Å². The molecular weight excluding hydrogens is 631 g/mol. The van der Waals surface area contributed by atoms with Gasteiger partial charge in [0.05, 0.1) is 18.8 Å². The van der Waals surface area contributed by atoms with E-state index < -0.39 is 24.2 Å². The molecule has 51 heavy (non-hydrogen) atoms. The largest absolute Gasteiger partial charge is 0.394 e. The topological polar surface area (TPSA) is 89.8 Å². The molecule has 0 aliphatic carbocycles. The number of hydrogen-bond donors (Lipinski definition) is 4. The zero-order valence-corrected chi connectivity index (χ0v) is 34.5. The number of aliphatic hydroxyl groups is 3. The van der Waals surface area contributed by atoms with Crippen LogP contribution in [0.4, 0.5) is 0 Å². The first-order chi connectivity index (χ1) is 25.1. The van der Waals surface area contributed by atoms with Crippen LogP contribution in [0.1, 0.15) is 251 Å². The van der Waals surface area contributed by atoms with Crippen molar-refractivity contribution in [3.05, 3.63) is 12.2 Å². The normalized spacial score (nSPS) is 13.6. The van der Waals surface area contributed by atoms with Crippen LogP contribution in [-0.2, 0) is 4.79 Å². The maximum atomic E-state index is 12.4. The summed E-state index contributed by atoms with van der Waals surface area (Å²) in [6.45, 7) is 4.17. The summed E-state index contributed by atoms with van der Waals surface area (Å²) in [7, 11) is 0. The van der Waals surface area contributed by atoms with Gasteiger partial charge in [-0.15, -0.1) is 0 Å². The number of allylic oxidation sites excluding steroid dienone is 1. The maximum Gasteiger partial charge on any atom is 0.249 e. The molecule has 0 aliphatic rings. The summed E-state index contributed by atoms with van der Waals surface area (Å²) in [6.07, 6.45) is 49.8. The molecule has 0 aromatic heterocycles. The number of carbonyl (C=O) groups is 1. The molecule has 0 heterocycles. The molecule has 1 amide bonds. The number of hydrogen-bond acceptors (Lipinski definition) is 4. The van der Waals surface area contributed by atoms with Crippen LogP contribution in [-0.4, -0.2) is 46.1 Å². The smallest absolute Gasteiger partial charge is 0.249 e. The van der Waals surface area contributed by atoms with Crippen molar-refractivity contribution in [3.8, 4) is 0 Å². The van der Waals surface area contributed by atoms with Crippen molar-refractivity contribution in [2.45, 2.75) is 270 Å². The second-order valence-corrected chi connectivity index (χ2v) is 16.0. The predicted molar refractivity (Wildman–Crippen MR) is 222 cm³/mol. The van der Waals surface area contributed by atoms with Crippen molar-refractivity contribution >= 4 is 5.91 Å². The number of unbranched alkanes of at least 4 members (excludes halogenated alkanes) is 34. The van der Waals surface area contributed by atoms with E-state index in [0.29, 0.717) is 6.42 Å². The quantitative estimate of drug-likeness (QED) is 0.0373. The SMILES string of the molecule is CCCCCCCCCC/C=C/C(O)C(CO)NC(=O)C(O)CCCCCCCCCCCCCCCCCCCCCCCCCCCCC. The number of rotatable bonds is 42. The molecule has 0 spiro atoms. The molecule has 3 unspecified atom stereocenters. The molecule has 0 aromatic carbocycles. The molecule has 304 valence electrons. The number of aliphatic hydroxyl groups excluding tert-OH is 3. The van der Waals surface area contributed by atoms with Crippen LogP contribution in [0.15, 0.2) is 12.2 Å². The standard InChI is InChI=1S/C46H91NO4/c1-3-5-7-9-11-13-15-16-17-18-19-20-21-22-23-24-25-26-27-28-29-30-31-33-35-37-39-41-45(50)46(51)47-43(42-48)44(49)40-38-36-34-32-14-12-10-8-6-4-2/h38,40,43-45,48-50H,3-37,39,41-42H2,1-2H3,(H,47,51)/b40-38+. The average Bonchev–Trinajstić information content (AvgIpc) is 3.13. The Hall–Kier alpha value is -0.910. The van der Waals surface area contributed by atoms with Gasteiger partial charge in [0, 0.05) is 0 Å². The summed E-state index contributed by atoms with van der Waals surface area (Å²) < 4.78 is 0. The predicted octanol–water partition coefficient (Wildman–Crippen LogP) is 13.2. The zero-order chi connectivity index (χ0) is 37.3. The fourth-order valence-corrected chi connectivity index (χ4v) is 7.25. The molecule has 5 heteroatoms. The molecule has 0 saturated carbocycles. The van der Waals surface area contributed by atoms with Crippen molar-refractivity contribution < 1.29 is 20.1 Å². The van der Waals surface area contributed by atoms with Crippen LogP contribution in [0, 0.1) is 0 Å². The van der Waals surface area contributed by atoms with Crippen LogP contribution < -0.4 is 5.32 Å². The Balaban J connectivity index is 3.50. The van der Waals surface area contributed by atoms with Gasteiger partial charge >= 0.3 is 0 Å². The highest BCUT2D eigenvalue weighted by molar-refractivity contribution is 5.80. The molecule has 0 aromatic rings. The van der Waals surface area contributed by atoms with Gasteiger partial charge in [-0.2, -0.15) is 0 Å². The summed E-state index contributed by atoms with van der Waals surface area (Å²) >= 11 is 0. The Morgan fingerprint density at radius 3 is 1.08 bits per heavy atom. The Morgan fingerprint density at radius 2 is 0.765 bits per heavy atom. The Morgan fingerprint density at radius 1 is 0.471 bits per heavy atom. The van der Waals surface area contributed by atoms with E-state index in [2.05, 4.69) is 19.2 Å². The average molecular weight is 722 g/mol. The van der Waals surface area contributed by atoms with Gasteiger partial charge in [-0.3, -0.25) is 4.79 Å². The van der Waals surface area contributed by atoms with E-state index in [1.165, 1.54) is 199 Å². The highest BCUT2D eigenvalue weighted by Gasteiger charge is 2.22. The van der Waals surface area contributed by atoms with Gasteiger partial charge in [0.1, 0.15) is 6.10 Å². The van der Waals surface area contributed by atoms with E-state index in [9.17, 15) is 20.1 Å². The van der Waals surface area contributed by atoms with Crippen molar-refractivity contribution in [1.29, 1.82) is 0 Å². The maximum absolute atomic E-state index is 12.4. The second-order valence-electron chi connectivity index (χ2n) is 16.0. The molecule has 0 aliphatic heterocycles.